The number of carboxylic acid groups (broad SMARTS) is 1. The molecule has 2 N–H and O–H groups in total. The van der Waals surface area contributed by atoms with Gasteiger partial charge < -0.3 is 15.2 Å². The predicted octanol–water partition coefficient (Wildman–Crippen LogP) is 2.79. The summed E-state index contributed by atoms with van der Waals surface area (Å²) in [4.78, 5) is 23.4. The fraction of sp³-hybridized carbons (Fsp3) is 0.143. The lowest BCUT2D eigenvalue weighted by molar-refractivity contribution is -0.123. The highest BCUT2D eigenvalue weighted by Crippen LogP contribution is 2.25. The predicted molar refractivity (Wildman–Crippen MR) is 80.1 cm³/mol. The van der Waals surface area contributed by atoms with Crippen LogP contribution in [0.25, 0.3) is 0 Å². The van der Waals surface area contributed by atoms with Crippen LogP contribution in [0.3, 0.4) is 0 Å². The third-order valence-corrected chi connectivity index (χ3v) is 3.75. The van der Waals surface area contributed by atoms with Gasteiger partial charge in [0, 0.05) is 4.88 Å². The molecule has 110 valence electrons. The molecular weight excluding hydrogens is 314 g/mol. The zero-order chi connectivity index (χ0) is 15.2. The van der Waals surface area contributed by atoms with Gasteiger partial charge in [-0.15, -0.1) is 11.3 Å². The minimum Gasteiger partial charge on any atom is -0.482 e. The summed E-state index contributed by atoms with van der Waals surface area (Å²) in [7, 11) is 0. The molecular formula is C14H12ClNO4S. The maximum absolute atomic E-state index is 11.6. The zero-order valence-corrected chi connectivity index (χ0v) is 12.4. The smallest absolute Gasteiger partial charge is 0.335 e. The van der Waals surface area contributed by atoms with E-state index in [1.54, 1.807) is 11.3 Å². The number of amides is 1. The van der Waals surface area contributed by atoms with Crippen LogP contribution in [-0.4, -0.2) is 23.6 Å². The molecule has 7 heteroatoms. The first kappa shape index (κ1) is 15.3. The lowest BCUT2D eigenvalue weighted by atomic mass is 10.2. The highest BCUT2D eigenvalue weighted by Gasteiger charge is 2.09. The molecule has 21 heavy (non-hydrogen) atoms. The average molecular weight is 326 g/mol. The molecule has 1 aromatic heterocycles. The highest BCUT2D eigenvalue weighted by atomic mass is 35.5. The van der Waals surface area contributed by atoms with Crippen molar-refractivity contribution >= 4 is 34.8 Å². The van der Waals surface area contributed by atoms with Crippen LogP contribution < -0.4 is 10.1 Å². The molecule has 0 bridgehead atoms. The van der Waals surface area contributed by atoms with Gasteiger partial charge >= 0.3 is 5.97 Å². The number of nitrogens with one attached hydrogen (secondary N) is 1. The van der Waals surface area contributed by atoms with E-state index in [-0.39, 0.29) is 28.8 Å². The number of halogens is 1. The van der Waals surface area contributed by atoms with Crippen molar-refractivity contribution in [2.24, 2.45) is 0 Å². The molecule has 0 atom stereocenters. The molecule has 1 amide bonds. The van der Waals surface area contributed by atoms with Crippen molar-refractivity contribution in [1.82, 2.24) is 5.32 Å². The summed E-state index contributed by atoms with van der Waals surface area (Å²) in [6.07, 6.45) is 0. The number of carbonyl (C=O) groups is 2. The van der Waals surface area contributed by atoms with Crippen molar-refractivity contribution in [3.63, 3.8) is 0 Å². The Balaban J connectivity index is 1.85. The van der Waals surface area contributed by atoms with E-state index in [1.807, 2.05) is 17.5 Å². The standard InChI is InChI=1S/C14H12ClNO4S/c15-11-6-9(14(18)19)3-4-12(11)20-8-13(17)16-7-10-2-1-5-21-10/h1-6H,7-8H2,(H,16,17)(H,18,19). The van der Waals surface area contributed by atoms with Gasteiger partial charge in [0.15, 0.2) is 6.61 Å². The minimum atomic E-state index is -1.07. The first-order valence-electron chi connectivity index (χ1n) is 6.01. The maximum Gasteiger partial charge on any atom is 0.335 e. The summed E-state index contributed by atoms with van der Waals surface area (Å²) in [5.41, 5.74) is 0.0643. The number of hydrogen-bond acceptors (Lipinski definition) is 4. The molecule has 1 heterocycles. The van der Waals surface area contributed by atoms with Gasteiger partial charge in [-0.2, -0.15) is 0 Å². The van der Waals surface area contributed by atoms with Crippen LogP contribution in [0.5, 0.6) is 5.75 Å². The van der Waals surface area contributed by atoms with Gasteiger partial charge in [0.1, 0.15) is 5.75 Å². The first-order valence-corrected chi connectivity index (χ1v) is 7.27. The summed E-state index contributed by atoms with van der Waals surface area (Å²) >= 11 is 7.45. The van der Waals surface area contributed by atoms with Crippen molar-refractivity contribution in [3.05, 3.63) is 51.2 Å². The number of ether oxygens (including phenoxy) is 1. The van der Waals surface area contributed by atoms with Gasteiger partial charge in [-0.05, 0) is 29.6 Å². The van der Waals surface area contributed by atoms with Crippen molar-refractivity contribution in [3.8, 4) is 5.75 Å². The molecule has 0 saturated heterocycles. The quantitative estimate of drug-likeness (QED) is 0.856. The topological polar surface area (TPSA) is 75.6 Å². The van der Waals surface area contributed by atoms with Gasteiger partial charge in [0.05, 0.1) is 17.1 Å². The van der Waals surface area contributed by atoms with Gasteiger partial charge in [-0.25, -0.2) is 4.79 Å². The SMILES string of the molecule is O=C(COc1ccc(C(=O)O)cc1Cl)NCc1cccs1. The van der Waals surface area contributed by atoms with Gasteiger partial charge in [0.25, 0.3) is 5.91 Å². The van der Waals surface area contributed by atoms with Crippen LogP contribution >= 0.6 is 22.9 Å². The van der Waals surface area contributed by atoms with Gasteiger partial charge in [-0.1, -0.05) is 17.7 Å². The monoisotopic (exact) mass is 325 g/mol. The maximum atomic E-state index is 11.6. The molecule has 2 aromatic rings. The molecule has 2 rings (SSSR count). The first-order chi connectivity index (χ1) is 10.1. The number of carbonyl (C=O) groups excluding carboxylic acids is 1. The summed E-state index contributed by atoms with van der Waals surface area (Å²) in [5, 5.41) is 13.6. The minimum absolute atomic E-state index is 0.0643. The summed E-state index contributed by atoms with van der Waals surface area (Å²) in [6, 6.07) is 7.91. The Bertz CT molecular complexity index is 642. The van der Waals surface area contributed by atoms with Crippen LogP contribution in [0.4, 0.5) is 0 Å². The Morgan fingerprint density at radius 2 is 2.14 bits per heavy atom. The molecule has 1 aromatic carbocycles. The van der Waals surface area contributed by atoms with E-state index in [0.717, 1.165) is 4.88 Å². The van der Waals surface area contributed by atoms with E-state index in [1.165, 1.54) is 18.2 Å². The van der Waals surface area contributed by atoms with E-state index in [0.29, 0.717) is 6.54 Å². The Hall–Kier alpha value is -2.05. The van der Waals surface area contributed by atoms with E-state index < -0.39 is 5.97 Å². The summed E-state index contributed by atoms with van der Waals surface area (Å²) in [6.45, 7) is 0.267. The van der Waals surface area contributed by atoms with E-state index in [2.05, 4.69) is 5.32 Å². The van der Waals surface area contributed by atoms with Crippen LogP contribution in [-0.2, 0) is 11.3 Å². The van der Waals surface area contributed by atoms with Crippen LogP contribution in [0.1, 0.15) is 15.2 Å². The summed E-state index contributed by atoms with van der Waals surface area (Å²) in [5.74, 6) is -1.08. The molecule has 0 aliphatic rings. The number of rotatable bonds is 6. The van der Waals surface area contributed by atoms with Crippen molar-refractivity contribution in [1.29, 1.82) is 0 Å². The number of carboxylic acids is 1. The lowest BCUT2D eigenvalue weighted by Gasteiger charge is -2.08. The van der Waals surface area contributed by atoms with Gasteiger partial charge in [-0.3, -0.25) is 4.79 Å². The normalized spacial score (nSPS) is 10.1. The van der Waals surface area contributed by atoms with E-state index >= 15 is 0 Å². The number of benzene rings is 1. The molecule has 0 aliphatic heterocycles. The molecule has 0 fully saturated rings. The van der Waals surface area contributed by atoms with Crippen molar-refractivity contribution < 1.29 is 19.4 Å². The zero-order valence-electron chi connectivity index (χ0n) is 10.8. The number of hydrogen-bond donors (Lipinski definition) is 2. The molecule has 0 aliphatic carbocycles. The van der Waals surface area contributed by atoms with E-state index in [4.69, 9.17) is 21.4 Å². The highest BCUT2D eigenvalue weighted by molar-refractivity contribution is 7.09. The molecule has 0 saturated carbocycles. The Labute approximate surface area is 130 Å². The molecule has 0 radical (unpaired) electrons. The molecule has 5 nitrogen and oxygen atoms in total. The average Bonchev–Trinajstić information content (AvgIpc) is 2.97. The Morgan fingerprint density at radius 1 is 1.33 bits per heavy atom. The van der Waals surface area contributed by atoms with E-state index in [9.17, 15) is 9.59 Å². The number of thiophene rings is 1. The molecule has 0 unspecified atom stereocenters. The Kier molecular flexibility index (Phi) is 5.19. The van der Waals surface area contributed by atoms with Crippen LogP contribution in [0, 0.1) is 0 Å². The fourth-order valence-electron chi connectivity index (χ4n) is 1.54. The lowest BCUT2D eigenvalue weighted by Crippen LogP contribution is -2.28. The summed E-state index contributed by atoms with van der Waals surface area (Å²) < 4.78 is 5.27. The van der Waals surface area contributed by atoms with Crippen LogP contribution in [0.2, 0.25) is 5.02 Å². The number of aromatic carboxylic acids is 1. The molecule has 0 spiro atoms. The second kappa shape index (κ2) is 7.10. The Morgan fingerprint density at radius 3 is 2.76 bits per heavy atom. The van der Waals surface area contributed by atoms with Crippen LogP contribution in [0.15, 0.2) is 35.7 Å². The van der Waals surface area contributed by atoms with Gasteiger partial charge in [0.2, 0.25) is 0 Å². The third-order valence-electron chi connectivity index (χ3n) is 2.58. The van der Waals surface area contributed by atoms with Crippen molar-refractivity contribution in [2.75, 3.05) is 6.61 Å². The largest absolute Gasteiger partial charge is 0.482 e. The third kappa shape index (κ3) is 4.47. The fourth-order valence-corrected chi connectivity index (χ4v) is 2.42. The second-order valence-corrected chi connectivity index (χ2v) is 5.53. The second-order valence-electron chi connectivity index (χ2n) is 4.10. The van der Waals surface area contributed by atoms with Crippen molar-refractivity contribution in [2.45, 2.75) is 6.54 Å².